The number of rotatable bonds is 1. The van der Waals surface area contributed by atoms with Gasteiger partial charge in [-0.05, 0) is 18.2 Å². The summed E-state index contributed by atoms with van der Waals surface area (Å²) in [4.78, 5) is 0. The molecule has 0 amide bonds. The third-order valence-electron chi connectivity index (χ3n) is 3.46. The number of hydrogen-bond acceptors (Lipinski definition) is 2. The first-order valence-corrected chi connectivity index (χ1v) is 6.65. The lowest BCUT2D eigenvalue weighted by Crippen LogP contribution is -2.24. The molecule has 0 saturated carbocycles. The van der Waals surface area contributed by atoms with Gasteiger partial charge in [-0.25, -0.2) is 4.39 Å². The number of fused-ring (bicyclic) bond motifs is 1. The van der Waals surface area contributed by atoms with Gasteiger partial charge in [0.2, 0.25) is 5.82 Å². The molecule has 0 aliphatic carbocycles. The van der Waals surface area contributed by atoms with Crippen LogP contribution >= 0.6 is 0 Å². The first-order chi connectivity index (χ1) is 9.75. The quantitative estimate of drug-likeness (QED) is 0.859. The van der Waals surface area contributed by atoms with Crippen LogP contribution in [-0.4, -0.2) is 6.54 Å². The van der Waals surface area contributed by atoms with Crippen molar-refractivity contribution >= 4 is 0 Å². The van der Waals surface area contributed by atoms with E-state index in [9.17, 15) is 8.78 Å². The number of nitrogens with one attached hydrogen (secondary N) is 1. The SMILES string of the molecule is Fc1ccc2c(c1F)OC(c1ccccc1)CCNC2. The molecular weight excluding hydrogens is 260 g/mol. The summed E-state index contributed by atoms with van der Waals surface area (Å²) in [7, 11) is 0. The first kappa shape index (κ1) is 13.1. The molecule has 0 radical (unpaired) electrons. The van der Waals surface area contributed by atoms with Crippen molar-refractivity contribution in [3.05, 3.63) is 65.2 Å². The van der Waals surface area contributed by atoms with Crippen molar-refractivity contribution in [1.82, 2.24) is 5.32 Å². The molecule has 4 heteroatoms. The Bertz CT molecular complexity index is 601. The molecule has 0 spiro atoms. The van der Waals surface area contributed by atoms with Crippen LogP contribution in [0.2, 0.25) is 0 Å². The van der Waals surface area contributed by atoms with E-state index in [-0.39, 0.29) is 11.9 Å². The minimum absolute atomic E-state index is 0.0195. The Morgan fingerprint density at radius 3 is 2.65 bits per heavy atom. The highest BCUT2D eigenvalue weighted by atomic mass is 19.2. The highest BCUT2D eigenvalue weighted by molar-refractivity contribution is 5.37. The van der Waals surface area contributed by atoms with E-state index in [1.54, 1.807) is 6.07 Å². The molecule has 0 bridgehead atoms. The third-order valence-corrected chi connectivity index (χ3v) is 3.46. The Morgan fingerprint density at radius 1 is 1.05 bits per heavy atom. The van der Waals surface area contributed by atoms with Gasteiger partial charge >= 0.3 is 0 Å². The van der Waals surface area contributed by atoms with Crippen LogP contribution in [0.1, 0.15) is 23.7 Å². The van der Waals surface area contributed by atoms with Gasteiger partial charge in [0.05, 0.1) is 0 Å². The summed E-state index contributed by atoms with van der Waals surface area (Å²) in [5, 5.41) is 3.22. The van der Waals surface area contributed by atoms with Crippen molar-refractivity contribution in [2.24, 2.45) is 0 Å². The van der Waals surface area contributed by atoms with Crippen molar-refractivity contribution in [2.75, 3.05) is 6.54 Å². The second-order valence-electron chi connectivity index (χ2n) is 4.83. The summed E-state index contributed by atoms with van der Waals surface area (Å²) in [6.07, 6.45) is 0.429. The standard InChI is InChI=1S/C16H15F2NO/c17-13-7-6-12-10-19-9-8-14(20-16(12)15(13)18)11-4-2-1-3-5-11/h1-7,14,19H,8-10H2. The average molecular weight is 275 g/mol. The topological polar surface area (TPSA) is 21.3 Å². The zero-order valence-corrected chi connectivity index (χ0v) is 10.9. The fourth-order valence-electron chi connectivity index (χ4n) is 2.40. The van der Waals surface area contributed by atoms with Crippen LogP contribution in [0.5, 0.6) is 5.75 Å². The molecule has 0 saturated heterocycles. The van der Waals surface area contributed by atoms with Crippen LogP contribution in [0.3, 0.4) is 0 Å². The monoisotopic (exact) mass is 275 g/mol. The fraction of sp³-hybridized carbons (Fsp3) is 0.250. The fourth-order valence-corrected chi connectivity index (χ4v) is 2.40. The van der Waals surface area contributed by atoms with Gasteiger partial charge in [0.15, 0.2) is 11.6 Å². The van der Waals surface area contributed by atoms with E-state index in [2.05, 4.69) is 5.32 Å². The lowest BCUT2D eigenvalue weighted by molar-refractivity contribution is 0.175. The van der Waals surface area contributed by atoms with Crippen LogP contribution in [0.25, 0.3) is 0 Å². The second-order valence-corrected chi connectivity index (χ2v) is 4.83. The molecule has 3 rings (SSSR count). The van der Waals surface area contributed by atoms with Gasteiger partial charge < -0.3 is 10.1 Å². The zero-order chi connectivity index (χ0) is 13.9. The van der Waals surface area contributed by atoms with Crippen molar-refractivity contribution in [2.45, 2.75) is 19.1 Å². The Kier molecular flexibility index (Phi) is 3.65. The zero-order valence-electron chi connectivity index (χ0n) is 10.9. The van der Waals surface area contributed by atoms with Crippen LogP contribution in [-0.2, 0) is 6.54 Å². The molecule has 0 aromatic heterocycles. The van der Waals surface area contributed by atoms with E-state index in [1.807, 2.05) is 30.3 Å². The first-order valence-electron chi connectivity index (χ1n) is 6.65. The lowest BCUT2D eigenvalue weighted by atomic mass is 10.0. The number of benzene rings is 2. The predicted octanol–water partition coefficient (Wildman–Crippen LogP) is 3.58. The van der Waals surface area contributed by atoms with Gasteiger partial charge in [-0.3, -0.25) is 0 Å². The summed E-state index contributed by atoms with van der Waals surface area (Å²) in [6, 6.07) is 12.3. The van der Waals surface area contributed by atoms with E-state index in [0.717, 1.165) is 18.2 Å². The summed E-state index contributed by atoms with van der Waals surface area (Å²) in [5.41, 5.74) is 1.61. The van der Waals surface area contributed by atoms with Crippen molar-refractivity contribution in [3.63, 3.8) is 0 Å². The molecule has 1 N–H and O–H groups in total. The molecule has 1 atom stereocenters. The molecule has 2 aromatic carbocycles. The summed E-state index contributed by atoms with van der Waals surface area (Å²) in [5.74, 6) is -1.77. The number of hydrogen-bond donors (Lipinski definition) is 1. The number of ether oxygens (including phenoxy) is 1. The smallest absolute Gasteiger partial charge is 0.200 e. The van der Waals surface area contributed by atoms with E-state index in [1.165, 1.54) is 0 Å². The summed E-state index contributed by atoms with van der Waals surface area (Å²) < 4.78 is 33.1. The summed E-state index contributed by atoms with van der Waals surface area (Å²) >= 11 is 0. The molecule has 1 unspecified atom stereocenters. The van der Waals surface area contributed by atoms with Crippen LogP contribution in [0, 0.1) is 11.6 Å². The van der Waals surface area contributed by atoms with Gasteiger partial charge in [0.25, 0.3) is 0 Å². The molecule has 2 aromatic rings. The van der Waals surface area contributed by atoms with E-state index < -0.39 is 11.6 Å². The van der Waals surface area contributed by atoms with Gasteiger partial charge in [-0.1, -0.05) is 36.4 Å². The maximum absolute atomic E-state index is 14.0. The lowest BCUT2D eigenvalue weighted by Gasteiger charge is -2.25. The van der Waals surface area contributed by atoms with Gasteiger partial charge in [0, 0.05) is 18.5 Å². The van der Waals surface area contributed by atoms with E-state index in [0.29, 0.717) is 18.5 Å². The number of halogens is 2. The second kappa shape index (κ2) is 5.59. The average Bonchev–Trinajstić information content (AvgIpc) is 2.45. The van der Waals surface area contributed by atoms with Crippen molar-refractivity contribution in [3.8, 4) is 5.75 Å². The molecule has 1 aliphatic heterocycles. The van der Waals surface area contributed by atoms with Crippen molar-refractivity contribution in [1.29, 1.82) is 0 Å². The van der Waals surface area contributed by atoms with Gasteiger partial charge in [-0.15, -0.1) is 0 Å². The Morgan fingerprint density at radius 2 is 1.85 bits per heavy atom. The van der Waals surface area contributed by atoms with Crippen LogP contribution in [0.15, 0.2) is 42.5 Å². The van der Waals surface area contributed by atoms with Gasteiger partial charge in [-0.2, -0.15) is 4.39 Å². The predicted molar refractivity (Wildman–Crippen MR) is 72.5 cm³/mol. The van der Waals surface area contributed by atoms with Crippen LogP contribution < -0.4 is 10.1 Å². The largest absolute Gasteiger partial charge is 0.482 e. The summed E-state index contributed by atoms with van der Waals surface area (Å²) in [6.45, 7) is 1.24. The molecule has 1 aliphatic rings. The minimum Gasteiger partial charge on any atom is -0.482 e. The molecule has 1 heterocycles. The van der Waals surface area contributed by atoms with Crippen molar-refractivity contribution < 1.29 is 13.5 Å². The molecule has 2 nitrogen and oxygen atoms in total. The third kappa shape index (κ3) is 2.51. The van der Waals surface area contributed by atoms with Gasteiger partial charge in [0.1, 0.15) is 6.10 Å². The Hall–Kier alpha value is -1.94. The molecule has 20 heavy (non-hydrogen) atoms. The molecular formula is C16H15F2NO. The maximum Gasteiger partial charge on any atom is 0.200 e. The highest BCUT2D eigenvalue weighted by Crippen LogP contribution is 2.32. The molecule has 0 fully saturated rings. The molecule has 104 valence electrons. The van der Waals surface area contributed by atoms with E-state index >= 15 is 0 Å². The van der Waals surface area contributed by atoms with Crippen LogP contribution in [0.4, 0.5) is 8.78 Å². The minimum atomic E-state index is -0.910. The highest BCUT2D eigenvalue weighted by Gasteiger charge is 2.22. The van der Waals surface area contributed by atoms with E-state index in [4.69, 9.17) is 4.74 Å². The normalized spacial score (nSPS) is 18.6. The maximum atomic E-state index is 14.0. The Balaban J connectivity index is 1.99. The Labute approximate surface area is 116 Å².